The number of hydrogen-bond donors (Lipinski definition) is 2. The zero-order chi connectivity index (χ0) is 18.5. The molecule has 3 rings (SSSR count). The molecule has 1 atom stereocenters. The van der Waals surface area contributed by atoms with Gasteiger partial charge < -0.3 is 5.32 Å². The number of benzene rings is 2. The van der Waals surface area contributed by atoms with E-state index in [1.807, 2.05) is 62.4 Å². The van der Waals surface area contributed by atoms with Crippen molar-refractivity contribution in [2.24, 2.45) is 0 Å². The van der Waals surface area contributed by atoms with Crippen LogP contribution in [0.2, 0.25) is 5.02 Å². The van der Waals surface area contributed by atoms with E-state index in [0.717, 1.165) is 11.1 Å². The molecular formula is C19H19ClN4OS. The van der Waals surface area contributed by atoms with Gasteiger partial charge in [0.1, 0.15) is 0 Å². The van der Waals surface area contributed by atoms with E-state index in [1.165, 1.54) is 17.3 Å². The fourth-order valence-electron chi connectivity index (χ4n) is 2.40. The van der Waals surface area contributed by atoms with Gasteiger partial charge in [0.15, 0.2) is 5.82 Å². The molecule has 5 nitrogen and oxygen atoms in total. The Bertz CT molecular complexity index is 877. The number of thioether (sulfide) groups is 1. The lowest BCUT2D eigenvalue weighted by Gasteiger charge is -2.13. The quantitative estimate of drug-likeness (QED) is 0.616. The van der Waals surface area contributed by atoms with Crippen molar-refractivity contribution in [1.29, 1.82) is 0 Å². The number of carbonyl (C=O) groups is 1. The summed E-state index contributed by atoms with van der Waals surface area (Å²) >= 11 is 7.19. The topological polar surface area (TPSA) is 70.7 Å². The van der Waals surface area contributed by atoms with Gasteiger partial charge in [-0.3, -0.25) is 9.89 Å². The fourth-order valence-corrected chi connectivity index (χ4v) is 3.14. The number of aryl methyl sites for hydroxylation is 1. The average molecular weight is 387 g/mol. The Hall–Kier alpha value is -2.31. The highest BCUT2D eigenvalue weighted by Crippen LogP contribution is 2.20. The normalized spacial score (nSPS) is 12.0. The molecule has 0 unspecified atom stereocenters. The van der Waals surface area contributed by atoms with Gasteiger partial charge in [-0.15, -0.1) is 5.10 Å². The minimum absolute atomic E-state index is 0.0702. The van der Waals surface area contributed by atoms with Crippen molar-refractivity contribution in [3.8, 4) is 11.4 Å². The first-order valence-electron chi connectivity index (χ1n) is 8.18. The summed E-state index contributed by atoms with van der Waals surface area (Å²) in [5.41, 5.74) is 3.16. The highest BCUT2D eigenvalue weighted by Gasteiger charge is 2.12. The monoisotopic (exact) mass is 386 g/mol. The number of nitrogens with one attached hydrogen (secondary N) is 2. The molecule has 0 radical (unpaired) electrons. The maximum Gasteiger partial charge on any atom is 0.230 e. The van der Waals surface area contributed by atoms with Crippen LogP contribution in [-0.4, -0.2) is 26.8 Å². The highest BCUT2D eigenvalue weighted by atomic mass is 35.5. The molecule has 1 aromatic heterocycles. The van der Waals surface area contributed by atoms with E-state index in [-0.39, 0.29) is 17.7 Å². The molecule has 0 bridgehead atoms. The molecule has 3 aromatic rings. The van der Waals surface area contributed by atoms with Gasteiger partial charge in [0.2, 0.25) is 11.1 Å². The second-order valence-electron chi connectivity index (χ2n) is 5.96. The number of rotatable bonds is 6. The van der Waals surface area contributed by atoms with E-state index in [9.17, 15) is 4.79 Å². The molecule has 26 heavy (non-hydrogen) atoms. The molecular weight excluding hydrogens is 368 g/mol. The van der Waals surface area contributed by atoms with Gasteiger partial charge in [-0.25, -0.2) is 4.98 Å². The van der Waals surface area contributed by atoms with E-state index in [0.29, 0.717) is 16.0 Å². The minimum atomic E-state index is -0.0874. The van der Waals surface area contributed by atoms with Gasteiger partial charge in [-0.05, 0) is 31.5 Å². The van der Waals surface area contributed by atoms with Gasteiger partial charge in [-0.2, -0.15) is 0 Å². The lowest BCUT2D eigenvalue weighted by Crippen LogP contribution is -2.28. The molecule has 134 valence electrons. The van der Waals surface area contributed by atoms with Crippen LogP contribution in [-0.2, 0) is 4.79 Å². The first-order valence-corrected chi connectivity index (χ1v) is 9.54. The lowest BCUT2D eigenvalue weighted by atomic mass is 10.1. The summed E-state index contributed by atoms with van der Waals surface area (Å²) in [5.74, 6) is 0.880. The smallest absolute Gasteiger partial charge is 0.230 e. The number of carbonyl (C=O) groups excluding carboxylic acids is 1. The van der Waals surface area contributed by atoms with Crippen LogP contribution in [0.1, 0.15) is 24.1 Å². The van der Waals surface area contributed by atoms with Crippen molar-refractivity contribution >= 4 is 29.3 Å². The molecule has 1 amide bonds. The maximum absolute atomic E-state index is 12.2. The third kappa shape index (κ3) is 4.86. The van der Waals surface area contributed by atoms with Gasteiger partial charge in [0, 0.05) is 10.6 Å². The third-order valence-corrected chi connectivity index (χ3v) is 4.97. The van der Waals surface area contributed by atoms with Crippen LogP contribution < -0.4 is 5.32 Å². The Morgan fingerprint density at radius 1 is 1.19 bits per heavy atom. The summed E-state index contributed by atoms with van der Waals surface area (Å²) in [7, 11) is 0. The Labute approximate surface area is 161 Å². The van der Waals surface area contributed by atoms with E-state index in [1.54, 1.807) is 0 Å². The fraction of sp³-hybridized carbons (Fsp3) is 0.211. The van der Waals surface area contributed by atoms with Crippen molar-refractivity contribution in [3.63, 3.8) is 0 Å². The standard InChI is InChI=1S/C19H19ClN4OS/c1-12-3-5-15(6-4-12)18-22-19(24-23-18)26-11-17(25)21-13(2)14-7-9-16(20)10-8-14/h3-10,13H,11H2,1-2H3,(H,21,25)(H,22,23,24)/t13-/m0/s1. The SMILES string of the molecule is Cc1ccc(-c2nc(SCC(=O)N[C@@H](C)c3ccc(Cl)cc3)n[nH]2)cc1. The lowest BCUT2D eigenvalue weighted by molar-refractivity contribution is -0.119. The van der Waals surface area contributed by atoms with Crippen LogP contribution in [0.15, 0.2) is 53.7 Å². The summed E-state index contributed by atoms with van der Waals surface area (Å²) in [6.45, 7) is 3.98. The summed E-state index contributed by atoms with van der Waals surface area (Å²) in [6.07, 6.45) is 0. The number of H-pyrrole nitrogens is 1. The second kappa shape index (κ2) is 8.38. The molecule has 2 N–H and O–H groups in total. The number of halogens is 1. The zero-order valence-corrected chi connectivity index (χ0v) is 16.1. The summed E-state index contributed by atoms with van der Waals surface area (Å²) in [4.78, 5) is 16.6. The minimum Gasteiger partial charge on any atom is -0.349 e. The average Bonchev–Trinajstić information content (AvgIpc) is 3.10. The Morgan fingerprint density at radius 2 is 1.88 bits per heavy atom. The van der Waals surface area contributed by atoms with E-state index < -0.39 is 0 Å². The van der Waals surface area contributed by atoms with Crippen LogP contribution in [0.4, 0.5) is 0 Å². The summed E-state index contributed by atoms with van der Waals surface area (Å²) < 4.78 is 0. The van der Waals surface area contributed by atoms with E-state index in [4.69, 9.17) is 11.6 Å². The van der Waals surface area contributed by atoms with Crippen LogP contribution in [0, 0.1) is 6.92 Å². The third-order valence-electron chi connectivity index (χ3n) is 3.87. The number of aromatic nitrogens is 3. The Kier molecular flexibility index (Phi) is 5.96. The van der Waals surface area contributed by atoms with Crippen molar-refractivity contribution in [2.45, 2.75) is 25.0 Å². The Morgan fingerprint density at radius 3 is 2.58 bits per heavy atom. The Balaban J connectivity index is 1.53. The second-order valence-corrected chi connectivity index (χ2v) is 7.34. The predicted octanol–water partition coefficient (Wildman–Crippen LogP) is 4.40. The van der Waals surface area contributed by atoms with Crippen molar-refractivity contribution in [1.82, 2.24) is 20.5 Å². The largest absolute Gasteiger partial charge is 0.349 e. The summed E-state index contributed by atoms with van der Waals surface area (Å²) in [6, 6.07) is 15.4. The number of nitrogens with zero attached hydrogens (tertiary/aromatic N) is 2. The van der Waals surface area contributed by atoms with Gasteiger partial charge in [0.25, 0.3) is 0 Å². The van der Waals surface area contributed by atoms with Gasteiger partial charge >= 0.3 is 0 Å². The molecule has 0 aliphatic rings. The molecule has 0 aliphatic heterocycles. The van der Waals surface area contributed by atoms with Crippen molar-refractivity contribution < 1.29 is 4.79 Å². The molecule has 0 saturated carbocycles. The molecule has 2 aromatic carbocycles. The number of amides is 1. The van der Waals surface area contributed by atoms with E-state index >= 15 is 0 Å². The summed E-state index contributed by atoms with van der Waals surface area (Å²) in [5, 5.41) is 11.3. The molecule has 1 heterocycles. The van der Waals surface area contributed by atoms with Crippen LogP contribution in [0.3, 0.4) is 0 Å². The maximum atomic E-state index is 12.2. The number of aromatic amines is 1. The molecule has 0 saturated heterocycles. The molecule has 0 aliphatic carbocycles. The van der Waals surface area contributed by atoms with Crippen LogP contribution in [0.25, 0.3) is 11.4 Å². The zero-order valence-electron chi connectivity index (χ0n) is 14.5. The van der Waals surface area contributed by atoms with E-state index in [2.05, 4.69) is 20.5 Å². The van der Waals surface area contributed by atoms with Crippen molar-refractivity contribution in [2.75, 3.05) is 5.75 Å². The van der Waals surface area contributed by atoms with Crippen LogP contribution in [0.5, 0.6) is 0 Å². The predicted molar refractivity (Wildman–Crippen MR) is 105 cm³/mol. The van der Waals surface area contributed by atoms with Crippen molar-refractivity contribution in [3.05, 3.63) is 64.7 Å². The van der Waals surface area contributed by atoms with Gasteiger partial charge in [0.05, 0.1) is 11.8 Å². The van der Waals surface area contributed by atoms with Gasteiger partial charge in [-0.1, -0.05) is 65.3 Å². The van der Waals surface area contributed by atoms with Crippen LogP contribution >= 0.6 is 23.4 Å². The molecule has 7 heteroatoms. The first-order chi connectivity index (χ1) is 12.5. The molecule has 0 spiro atoms. The first kappa shape index (κ1) is 18.5. The number of hydrogen-bond acceptors (Lipinski definition) is 4. The highest BCUT2D eigenvalue weighted by molar-refractivity contribution is 7.99. The molecule has 0 fully saturated rings.